The number of hydrogen-bond acceptors (Lipinski definition) is 9. The lowest BCUT2D eigenvalue weighted by molar-refractivity contribution is -0.145. The molecule has 1 unspecified atom stereocenters. The number of rotatable bonds is 3. The fraction of sp³-hybridized carbons (Fsp3) is 0.400. The van der Waals surface area contributed by atoms with E-state index in [0.29, 0.717) is 29.6 Å². The van der Waals surface area contributed by atoms with Gasteiger partial charge < -0.3 is 24.7 Å². The van der Waals surface area contributed by atoms with Crippen LogP contribution in [0.4, 0.5) is 10.6 Å². The second-order valence-corrected chi connectivity index (χ2v) is 7.78. The summed E-state index contributed by atoms with van der Waals surface area (Å²) >= 11 is 5.89. The van der Waals surface area contributed by atoms with E-state index >= 15 is 0 Å². The van der Waals surface area contributed by atoms with Crippen molar-refractivity contribution < 1.29 is 29.3 Å². The van der Waals surface area contributed by atoms with Gasteiger partial charge in [-0.1, -0.05) is 11.6 Å². The van der Waals surface area contributed by atoms with Gasteiger partial charge in [-0.3, -0.25) is 9.78 Å². The SMILES string of the molecule is CN1CCN(C(=O)OC2c3nccnc3C(=O)N2c2ccc(Cl)cn2)CC1.C[C@H](O)C(=O)O. The first-order valence-electron chi connectivity index (χ1n) is 10.00. The van der Waals surface area contributed by atoms with Crippen LogP contribution in [0.25, 0.3) is 0 Å². The summed E-state index contributed by atoms with van der Waals surface area (Å²) in [6, 6.07) is 3.20. The van der Waals surface area contributed by atoms with Gasteiger partial charge >= 0.3 is 12.1 Å². The number of carbonyl (C=O) groups is 3. The highest BCUT2D eigenvalue weighted by molar-refractivity contribution is 6.30. The molecule has 0 saturated carbocycles. The molecule has 0 aliphatic carbocycles. The van der Waals surface area contributed by atoms with E-state index in [4.69, 9.17) is 26.6 Å². The summed E-state index contributed by atoms with van der Waals surface area (Å²) in [5, 5.41) is 16.2. The van der Waals surface area contributed by atoms with Gasteiger partial charge in [-0.25, -0.2) is 24.5 Å². The van der Waals surface area contributed by atoms with Gasteiger partial charge in [0.15, 0.2) is 5.69 Å². The number of carboxylic acids is 1. The number of pyridine rings is 1. The van der Waals surface area contributed by atoms with Gasteiger partial charge in [0.05, 0.1) is 5.02 Å². The third-order valence-corrected chi connectivity index (χ3v) is 5.13. The zero-order valence-corrected chi connectivity index (χ0v) is 18.7. The second-order valence-electron chi connectivity index (χ2n) is 7.34. The lowest BCUT2D eigenvalue weighted by Gasteiger charge is -2.33. The summed E-state index contributed by atoms with van der Waals surface area (Å²) in [6.45, 7) is 3.84. The maximum absolute atomic E-state index is 12.8. The van der Waals surface area contributed by atoms with Gasteiger partial charge in [-0.2, -0.15) is 0 Å². The van der Waals surface area contributed by atoms with Crippen molar-refractivity contribution in [2.24, 2.45) is 0 Å². The third kappa shape index (κ3) is 5.72. The Balaban J connectivity index is 0.000000454. The van der Waals surface area contributed by atoms with E-state index in [-0.39, 0.29) is 5.69 Å². The first-order chi connectivity index (χ1) is 15.7. The van der Waals surface area contributed by atoms with E-state index in [1.54, 1.807) is 17.0 Å². The standard InChI is InChI=1S/C17H17ClN6O3.C3H6O3/c1-22-6-8-23(9-7-22)17(26)27-16-14-13(19-4-5-20-14)15(25)24(16)12-3-2-11(18)10-21-12;1-2(4)3(5)6/h2-5,10,16H,6-9H2,1H3;2,4H,1H3,(H,5,6)/t;2-/m.0/s1. The lowest BCUT2D eigenvalue weighted by atomic mass is 10.3. The number of aliphatic hydroxyl groups is 1. The molecule has 2 amide bonds. The number of ether oxygens (including phenoxy) is 1. The van der Waals surface area contributed by atoms with Crippen LogP contribution in [0.3, 0.4) is 0 Å². The molecule has 2 aliphatic heterocycles. The normalized spacial score (nSPS) is 18.8. The van der Waals surface area contributed by atoms with Gasteiger partial charge in [0.2, 0.25) is 6.23 Å². The molecule has 12 nitrogen and oxygen atoms in total. The zero-order valence-electron chi connectivity index (χ0n) is 18.0. The van der Waals surface area contributed by atoms with Gasteiger partial charge in [0.1, 0.15) is 17.6 Å². The van der Waals surface area contributed by atoms with Crippen molar-refractivity contribution in [1.29, 1.82) is 0 Å². The number of likely N-dealkylation sites (N-methyl/N-ethyl adjacent to an activating group) is 1. The van der Waals surface area contributed by atoms with Crippen LogP contribution in [-0.4, -0.2) is 92.3 Å². The number of fused-ring (bicyclic) bond motifs is 1. The number of aromatic nitrogens is 3. The van der Waals surface area contributed by atoms with E-state index in [1.165, 1.54) is 30.4 Å². The van der Waals surface area contributed by atoms with Crippen molar-refractivity contribution in [3.63, 3.8) is 0 Å². The first kappa shape index (κ1) is 24.3. The van der Waals surface area contributed by atoms with E-state index < -0.39 is 30.3 Å². The molecule has 2 aromatic rings. The second kappa shape index (κ2) is 10.5. The predicted octanol–water partition coefficient (Wildman–Crippen LogP) is 1.02. The molecule has 1 fully saturated rings. The van der Waals surface area contributed by atoms with Gasteiger partial charge in [-0.15, -0.1) is 0 Å². The molecule has 2 N–H and O–H groups in total. The maximum atomic E-state index is 12.8. The van der Waals surface area contributed by atoms with Gasteiger partial charge in [-0.05, 0) is 26.1 Å². The van der Waals surface area contributed by atoms with Crippen molar-refractivity contribution in [3.05, 3.63) is 47.1 Å². The van der Waals surface area contributed by atoms with E-state index in [9.17, 15) is 14.4 Å². The minimum Gasteiger partial charge on any atom is -0.479 e. The van der Waals surface area contributed by atoms with Crippen LogP contribution in [0, 0.1) is 0 Å². The van der Waals surface area contributed by atoms with Crippen LogP contribution >= 0.6 is 11.6 Å². The Kier molecular flexibility index (Phi) is 7.74. The van der Waals surface area contributed by atoms with Crippen LogP contribution in [0.15, 0.2) is 30.7 Å². The number of nitrogens with zero attached hydrogens (tertiary/aromatic N) is 6. The summed E-state index contributed by atoms with van der Waals surface area (Å²) in [4.78, 5) is 52.5. The summed E-state index contributed by atoms with van der Waals surface area (Å²) < 4.78 is 5.68. The Labute approximate surface area is 194 Å². The molecule has 0 spiro atoms. The molecule has 13 heteroatoms. The molecule has 0 radical (unpaired) electrons. The number of amides is 2. The van der Waals surface area contributed by atoms with Crippen molar-refractivity contribution in [1.82, 2.24) is 24.8 Å². The topological polar surface area (TPSA) is 149 Å². The number of aliphatic hydroxyl groups excluding tert-OH is 1. The molecule has 4 rings (SSSR count). The quantitative estimate of drug-likeness (QED) is 0.654. The Bertz CT molecular complexity index is 1010. The van der Waals surface area contributed by atoms with Crippen LogP contribution in [-0.2, 0) is 9.53 Å². The van der Waals surface area contributed by atoms with Gasteiger partial charge in [0, 0.05) is 44.8 Å². The van der Waals surface area contributed by atoms with E-state index in [1.807, 2.05) is 7.05 Å². The summed E-state index contributed by atoms with van der Waals surface area (Å²) in [5.74, 6) is -1.31. The smallest absolute Gasteiger partial charge is 0.412 e. The summed E-state index contributed by atoms with van der Waals surface area (Å²) in [6.07, 6.45) is 1.55. The van der Waals surface area contributed by atoms with Gasteiger partial charge in [0.25, 0.3) is 5.91 Å². The average molecular weight is 479 g/mol. The highest BCUT2D eigenvalue weighted by Gasteiger charge is 2.44. The fourth-order valence-corrected chi connectivity index (χ4v) is 3.15. The molecule has 2 aliphatic rings. The Morgan fingerprint density at radius 3 is 2.36 bits per heavy atom. The Morgan fingerprint density at radius 2 is 1.79 bits per heavy atom. The van der Waals surface area contributed by atoms with Crippen molar-refractivity contribution in [2.75, 3.05) is 38.1 Å². The molecule has 2 aromatic heterocycles. The number of hydrogen-bond donors (Lipinski definition) is 2. The molecule has 4 heterocycles. The number of aliphatic carboxylic acids is 1. The number of halogens is 1. The van der Waals surface area contributed by atoms with Crippen LogP contribution < -0.4 is 4.90 Å². The highest BCUT2D eigenvalue weighted by Crippen LogP contribution is 2.35. The Morgan fingerprint density at radius 1 is 1.15 bits per heavy atom. The fourth-order valence-electron chi connectivity index (χ4n) is 3.04. The molecule has 2 atom stereocenters. The number of anilines is 1. The van der Waals surface area contributed by atoms with Crippen molar-refractivity contribution >= 4 is 35.4 Å². The van der Waals surface area contributed by atoms with Crippen LogP contribution in [0.1, 0.15) is 29.3 Å². The minimum absolute atomic E-state index is 0.144. The summed E-state index contributed by atoms with van der Waals surface area (Å²) in [7, 11) is 2.00. The average Bonchev–Trinajstić information content (AvgIpc) is 3.07. The zero-order chi connectivity index (χ0) is 24.1. The molecular weight excluding hydrogens is 456 g/mol. The number of piperazine rings is 1. The largest absolute Gasteiger partial charge is 0.479 e. The third-order valence-electron chi connectivity index (χ3n) is 4.91. The lowest BCUT2D eigenvalue weighted by Crippen LogP contribution is -2.48. The van der Waals surface area contributed by atoms with Crippen LogP contribution in [0.5, 0.6) is 0 Å². The molecule has 0 aromatic carbocycles. The molecule has 0 bridgehead atoms. The predicted molar refractivity (Wildman–Crippen MR) is 116 cm³/mol. The van der Waals surface area contributed by atoms with Crippen molar-refractivity contribution in [2.45, 2.75) is 19.3 Å². The minimum atomic E-state index is -1.23. The molecule has 33 heavy (non-hydrogen) atoms. The number of carbonyl (C=O) groups excluding carboxylic acids is 2. The Hall–Kier alpha value is -3.35. The maximum Gasteiger partial charge on any atom is 0.412 e. The first-order valence-corrected chi connectivity index (χ1v) is 10.4. The van der Waals surface area contributed by atoms with Crippen LogP contribution in [0.2, 0.25) is 5.02 Å². The van der Waals surface area contributed by atoms with E-state index in [2.05, 4.69) is 19.9 Å². The monoisotopic (exact) mass is 478 g/mol. The molecular formula is C20H23ClN6O6. The number of carboxylic acid groups (broad SMARTS) is 1. The molecule has 176 valence electrons. The highest BCUT2D eigenvalue weighted by atomic mass is 35.5. The van der Waals surface area contributed by atoms with Crippen molar-refractivity contribution in [3.8, 4) is 0 Å². The summed E-state index contributed by atoms with van der Waals surface area (Å²) in [5.41, 5.74) is 0.437. The molecule has 1 saturated heterocycles. The van der Waals surface area contributed by atoms with E-state index in [0.717, 1.165) is 13.1 Å².